The fourth-order valence-electron chi connectivity index (χ4n) is 2.53. The van der Waals surface area contributed by atoms with Gasteiger partial charge in [0.2, 0.25) is 5.91 Å². The Morgan fingerprint density at radius 2 is 1.83 bits per heavy atom. The molecule has 1 aliphatic rings. The first kappa shape index (κ1) is 17.8. The van der Waals surface area contributed by atoms with E-state index in [1.54, 1.807) is 12.1 Å². The Balaban J connectivity index is 1.82. The number of carbonyl (C=O) groups excluding carboxylic acids is 1. The van der Waals surface area contributed by atoms with Gasteiger partial charge in [0.15, 0.2) is 0 Å². The van der Waals surface area contributed by atoms with Gasteiger partial charge in [0, 0.05) is 33.2 Å². The van der Waals surface area contributed by atoms with Crippen LogP contribution >= 0.6 is 0 Å². The van der Waals surface area contributed by atoms with Crippen LogP contribution in [0.25, 0.3) is 0 Å². The minimum absolute atomic E-state index is 0.0310. The number of carbonyl (C=O) groups is 1. The van der Waals surface area contributed by atoms with Crippen LogP contribution in [0, 0.1) is 5.82 Å². The van der Waals surface area contributed by atoms with Gasteiger partial charge in [-0.05, 0) is 30.5 Å². The molecule has 1 aromatic carbocycles. The van der Waals surface area contributed by atoms with Gasteiger partial charge in [-0.1, -0.05) is 12.1 Å². The smallest absolute Gasteiger partial charge is 0.281 e. The van der Waals surface area contributed by atoms with E-state index >= 15 is 0 Å². The predicted octanol–water partition coefficient (Wildman–Crippen LogP) is 0.755. The highest BCUT2D eigenvalue weighted by molar-refractivity contribution is 7.86. The predicted molar refractivity (Wildman–Crippen MR) is 85.4 cm³/mol. The minimum atomic E-state index is -3.39. The molecule has 1 N–H and O–H groups in total. The Hall–Kier alpha value is -1.51. The molecule has 0 unspecified atom stereocenters. The highest BCUT2D eigenvalue weighted by Gasteiger charge is 2.29. The van der Waals surface area contributed by atoms with Gasteiger partial charge in [-0.15, -0.1) is 0 Å². The fraction of sp³-hybridized carbons (Fsp3) is 0.533. The van der Waals surface area contributed by atoms with Crippen molar-refractivity contribution in [1.29, 1.82) is 0 Å². The van der Waals surface area contributed by atoms with Crippen LogP contribution in [-0.2, 0) is 21.4 Å². The highest BCUT2D eigenvalue weighted by atomic mass is 32.2. The van der Waals surface area contributed by atoms with Crippen LogP contribution in [0.15, 0.2) is 24.3 Å². The maximum absolute atomic E-state index is 12.8. The Labute approximate surface area is 136 Å². The zero-order valence-electron chi connectivity index (χ0n) is 13.3. The third-order valence-electron chi connectivity index (χ3n) is 3.88. The number of rotatable bonds is 5. The van der Waals surface area contributed by atoms with Crippen LogP contribution < -0.4 is 5.32 Å². The maximum atomic E-state index is 12.8. The van der Waals surface area contributed by atoms with Gasteiger partial charge in [0.05, 0.1) is 6.42 Å². The monoisotopic (exact) mass is 343 g/mol. The zero-order valence-corrected chi connectivity index (χ0v) is 14.1. The highest BCUT2D eigenvalue weighted by Crippen LogP contribution is 2.15. The van der Waals surface area contributed by atoms with E-state index < -0.39 is 10.2 Å². The zero-order chi connectivity index (χ0) is 17.0. The molecule has 1 aromatic rings. The van der Waals surface area contributed by atoms with Crippen molar-refractivity contribution in [3.8, 4) is 0 Å². The fourth-order valence-corrected chi connectivity index (χ4v) is 3.66. The summed E-state index contributed by atoms with van der Waals surface area (Å²) in [4.78, 5) is 12.0. The molecule has 0 atom stereocenters. The molecule has 6 nitrogen and oxygen atoms in total. The molecule has 0 radical (unpaired) electrons. The summed E-state index contributed by atoms with van der Waals surface area (Å²) in [5, 5.41) is 2.92. The van der Waals surface area contributed by atoms with Crippen molar-refractivity contribution in [3.63, 3.8) is 0 Å². The second kappa shape index (κ2) is 7.37. The first-order valence-corrected chi connectivity index (χ1v) is 8.90. The molecule has 0 bridgehead atoms. The third kappa shape index (κ3) is 4.73. The summed E-state index contributed by atoms with van der Waals surface area (Å²) < 4.78 is 39.5. The molecule has 1 heterocycles. The van der Waals surface area contributed by atoms with Crippen LogP contribution in [0.3, 0.4) is 0 Å². The largest absolute Gasteiger partial charge is 0.353 e. The van der Waals surface area contributed by atoms with E-state index in [1.807, 2.05) is 0 Å². The summed E-state index contributed by atoms with van der Waals surface area (Å²) in [5.74, 6) is -0.464. The minimum Gasteiger partial charge on any atom is -0.353 e. The van der Waals surface area contributed by atoms with E-state index in [0.717, 1.165) is 5.56 Å². The molecule has 0 aliphatic carbocycles. The lowest BCUT2D eigenvalue weighted by Gasteiger charge is -2.33. The van der Waals surface area contributed by atoms with Crippen molar-refractivity contribution >= 4 is 16.1 Å². The van der Waals surface area contributed by atoms with Gasteiger partial charge >= 0.3 is 0 Å². The van der Waals surface area contributed by atoms with E-state index in [0.29, 0.717) is 25.9 Å². The van der Waals surface area contributed by atoms with Gasteiger partial charge in [-0.3, -0.25) is 4.79 Å². The normalized spacial score (nSPS) is 17.4. The standard InChI is InChI=1S/C15H22FN3O3S/c1-18(2)23(21,22)19-9-7-14(8-10-19)17-15(20)11-12-3-5-13(16)6-4-12/h3-6,14H,7-11H2,1-2H3,(H,17,20). The van der Waals surface area contributed by atoms with Crippen LogP contribution in [-0.4, -0.2) is 56.2 Å². The molecule has 128 valence electrons. The van der Waals surface area contributed by atoms with Crippen molar-refractivity contribution in [3.05, 3.63) is 35.6 Å². The van der Waals surface area contributed by atoms with Crippen LogP contribution in [0.4, 0.5) is 4.39 Å². The van der Waals surface area contributed by atoms with E-state index in [9.17, 15) is 17.6 Å². The number of benzene rings is 1. The average Bonchev–Trinajstić information content (AvgIpc) is 2.50. The first-order chi connectivity index (χ1) is 10.8. The van der Waals surface area contributed by atoms with Gasteiger partial charge in [-0.2, -0.15) is 17.0 Å². The maximum Gasteiger partial charge on any atom is 0.281 e. The number of nitrogens with one attached hydrogen (secondary N) is 1. The topological polar surface area (TPSA) is 69.7 Å². The molecule has 1 saturated heterocycles. The SMILES string of the molecule is CN(C)S(=O)(=O)N1CCC(NC(=O)Cc2ccc(F)cc2)CC1. The Morgan fingerprint density at radius 1 is 1.26 bits per heavy atom. The molecule has 23 heavy (non-hydrogen) atoms. The molecule has 0 saturated carbocycles. The summed E-state index contributed by atoms with van der Waals surface area (Å²) in [6.45, 7) is 0.782. The summed E-state index contributed by atoms with van der Waals surface area (Å²) >= 11 is 0. The lowest BCUT2D eigenvalue weighted by atomic mass is 10.1. The van der Waals surface area contributed by atoms with Crippen molar-refractivity contribution < 1.29 is 17.6 Å². The van der Waals surface area contributed by atoms with Crippen LogP contribution in [0.5, 0.6) is 0 Å². The molecular formula is C15H22FN3O3S. The second-order valence-corrected chi connectivity index (χ2v) is 7.98. The van der Waals surface area contributed by atoms with Crippen molar-refractivity contribution in [2.75, 3.05) is 27.2 Å². The van der Waals surface area contributed by atoms with Crippen molar-refractivity contribution in [2.24, 2.45) is 0 Å². The molecule has 1 amide bonds. The molecule has 1 fully saturated rings. The summed E-state index contributed by atoms with van der Waals surface area (Å²) in [5.41, 5.74) is 0.747. The van der Waals surface area contributed by atoms with Crippen molar-refractivity contribution in [2.45, 2.75) is 25.3 Å². The third-order valence-corrected chi connectivity index (χ3v) is 5.83. The number of amides is 1. The van der Waals surface area contributed by atoms with Gasteiger partial charge in [0.25, 0.3) is 10.2 Å². The quantitative estimate of drug-likeness (QED) is 0.858. The number of hydrogen-bond acceptors (Lipinski definition) is 3. The van der Waals surface area contributed by atoms with Crippen LogP contribution in [0.1, 0.15) is 18.4 Å². The number of nitrogens with zero attached hydrogens (tertiary/aromatic N) is 2. The van der Waals surface area contributed by atoms with E-state index in [2.05, 4.69) is 5.32 Å². The Bertz CT molecular complexity index is 638. The molecule has 0 aromatic heterocycles. The lowest BCUT2D eigenvalue weighted by molar-refractivity contribution is -0.121. The summed E-state index contributed by atoms with van der Waals surface area (Å²) in [6, 6.07) is 5.79. The molecule has 8 heteroatoms. The van der Waals surface area contributed by atoms with E-state index in [-0.39, 0.29) is 24.2 Å². The first-order valence-electron chi connectivity index (χ1n) is 7.50. The lowest BCUT2D eigenvalue weighted by Crippen LogP contribution is -2.49. The number of halogens is 1. The molecule has 2 rings (SSSR count). The van der Waals surface area contributed by atoms with Crippen molar-refractivity contribution in [1.82, 2.24) is 13.9 Å². The Kier molecular flexibility index (Phi) is 5.72. The van der Waals surface area contributed by atoms with E-state index in [4.69, 9.17) is 0 Å². The molecule has 0 spiro atoms. The summed E-state index contributed by atoms with van der Waals surface area (Å²) in [7, 11) is -0.374. The second-order valence-electron chi connectivity index (χ2n) is 5.83. The molecule has 1 aliphatic heterocycles. The summed E-state index contributed by atoms with van der Waals surface area (Å²) in [6.07, 6.45) is 1.36. The number of piperidine rings is 1. The molecular weight excluding hydrogens is 321 g/mol. The van der Waals surface area contributed by atoms with Gasteiger partial charge in [0.1, 0.15) is 5.82 Å². The van der Waals surface area contributed by atoms with Crippen LogP contribution in [0.2, 0.25) is 0 Å². The number of hydrogen-bond donors (Lipinski definition) is 1. The van der Waals surface area contributed by atoms with Gasteiger partial charge < -0.3 is 5.32 Å². The Morgan fingerprint density at radius 3 is 2.35 bits per heavy atom. The van der Waals surface area contributed by atoms with Gasteiger partial charge in [-0.25, -0.2) is 4.39 Å². The average molecular weight is 343 g/mol. The van der Waals surface area contributed by atoms with E-state index in [1.165, 1.54) is 34.8 Å².